The highest BCUT2D eigenvalue weighted by atomic mass is 127. The molecular formula is C20H18BrIN4OS. The van der Waals surface area contributed by atoms with E-state index in [1.165, 1.54) is 0 Å². The minimum atomic E-state index is 0.583. The summed E-state index contributed by atoms with van der Waals surface area (Å²) in [4.78, 5) is 0. The first-order valence-electron chi connectivity index (χ1n) is 8.67. The van der Waals surface area contributed by atoms with Crippen LogP contribution in [0.2, 0.25) is 0 Å². The van der Waals surface area contributed by atoms with Crippen LogP contribution >= 0.6 is 46.3 Å². The number of benzene rings is 2. The van der Waals surface area contributed by atoms with E-state index in [9.17, 15) is 0 Å². The Hall–Kier alpha value is -1.70. The van der Waals surface area contributed by atoms with Crippen molar-refractivity contribution in [2.75, 3.05) is 7.11 Å². The molecule has 0 atom stereocenters. The van der Waals surface area contributed by atoms with Gasteiger partial charge in [0.2, 0.25) is 0 Å². The summed E-state index contributed by atoms with van der Waals surface area (Å²) in [5.74, 6) is 0.817. The number of fused-ring (bicyclic) bond motifs is 2. The van der Waals surface area contributed by atoms with Crippen molar-refractivity contribution < 1.29 is 4.74 Å². The topological polar surface area (TPSA) is 55.8 Å². The minimum Gasteiger partial charge on any atom is -0.496 e. The molecule has 0 aliphatic heterocycles. The lowest BCUT2D eigenvalue weighted by atomic mass is 10.1. The second-order valence-electron chi connectivity index (χ2n) is 5.72. The van der Waals surface area contributed by atoms with Crippen LogP contribution in [0.4, 0.5) is 0 Å². The Balaban J connectivity index is 0.00000109. The van der Waals surface area contributed by atoms with Gasteiger partial charge in [0.05, 0.1) is 36.3 Å². The fraction of sp³-hybridized carbons (Fsp3) is 0.200. The third-order valence-electron chi connectivity index (χ3n) is 4.26. The van der Waals surface area contributed by atoms with Gasteiger partial charge in [-0.2, -0.15) is 10.4 Å². The zero-order valence-electron chi connectivity index (χ0n) is 15.6. The molecule has 0 aliphatic rings. The van der Waals surface area contributed by atoms with E-state index in [1.54, 1.807) is 16.2 Å². The summed E-state index contributed by atoms with van der Waals surface area (Å²) in [6, 6.07) is 11.8. The lowest BCUT2D eigenvalue weighted by Crippen LogP contribution is -2.03. The van der Waals surface area contributed by atoms with E-state index in [4.69, 9.17) is 10.00 Å². The Morgan fingerprint density at radius 3 is 2.75 bits per heavy atom. The van der Waals surface area contributed by atoms with Crippen molar-refractivity contribution in [3.8, 4) is 11.8 Å². The van der Waals surface area contributed by atoms with Crippen molar-refractivity contribution in [3.63, 3.8) is 0 Å². The van der Waals surface area contributed by atoms with Crippen LogP contribution < -0.4 is 4.74 Å². The van der Waals surface area contributed by atoms with Gasteiger partial charge in [-0.15, -0.1) is 0 Å². The number of methoxy groups -OCH3 is 1. The average molecular weight is 569 g/mol. The summed E-state index contributed by atoms with van der Waals surface area (Å²) < 4.78 is 10.6. The minimum absolute atomic E-state index is 0.583. The first kappa shape index (κ1) is 21.0. The predicted molar refractivity (Wildman–Crippen MR) is 128 cm³/mol. The van der Waals surface area contributed by atoms with Gasteiger partial charge in [-0.3, -0.25) is 8.65 Å². The van der Waals surface area contributed by atoms with Crippen LogP contribution in [0.1, 0.15) is 25.0 Å². The summed E-state index contributed by atoms with van der Waals surface area (Å²) in [6.07, 6.45) is 4.04. The molecule has 0 amide bonds. The number of ether oxygens (including phenoxy) is 1. The van der Waals surface area contributed by atoms with Crippen molar-refractivity contribution in [2.45, 2.75) is 20.4 Å². The van der Waals surface area contributed by atoms with Crippen LogP contribution in [0.3, 0.4) is 0 Å². The molecule has 0 radical (unpaired) electrons. The Morgan fingerprint density at radius 2 is 2.07 bits per heavy atom. The van der Waals surface area contributed by atoms with Gasteiger partial charge in [0.25, 0.3) is 0 Å². The molecule has 0 bridgehead atoms. The highest BCUT2D eigenvalue weighted by molar-refractivity contribution is 14.2. The van der Waals surface area contributed by atoms with Gasteiger partial charge in [0.15, 0.2) is 0 Å². The SMILES string of the molecule is CC.COc1cc(Br)c2c(ccn2SI)c1Cn1cc2ccc(C#N)cc2n1. The number of nitriles is 1. The van der Waals surface area contributed by atoms with Crippen LogP contribution in [0.15, 0.2) is 47.2 Å². The molecule has 2 aromatic heterocycles. The molecule has 2 aromatic carbocycles. The van der Waals surface area contributed by atoms with Crippen molar-refractivity contribution in [1.29, 1.82) is 5.26 Å². The fourth-order valence-corrected chi connectivity index (χ4v) is 5.16. The Kier molecular flexibility index (Phi) is 6.91. The van der Waals surface area contributed by atoms with Gasteiger partial charge < -0.3 is 4.74 Å². The predicted octanol–water partition coefficient (Wildman–Crippen LogP) is 6.55. The molecule has 0 saturated carbocycles. The van der Waals surface area contributed by atoms with Crippen LogP contribution in [0.5, 0.6) is 5.75 Å². The first-order valence-corrected chi connectivity index (χ1v) is 12.8. The highest BCUT2D eigenvalue weighted by Gasteiger charge is 2.16. The summed E-state index contributed by atoms with van der Waals surface area (Å²) >= 11 is 5.92. The largest absolute Gasteiger partial charge is 0.496 e. The summed E-state index contributed by atoms with van der Waals surface area (Å²) in [6.45, 7) is 4.58. The maximum absolute atomic E-state index is 9.07. The lowest BCUT2D eigenvalue weighted by molar-refractivity contribution is 0.408. The second kappa shape index (κ2) is 9.20. The number of halogens is 2. The molecular weight excluding hydrogens is 551 g/mol. The standard InChI is InChI=1S/C18H12BrIN4OS.C2H6/c1-25-17-7-15(19)18-13(4-5-24(18)26-20)14(17)10-23-9-12-3-2-11(8-21)6-16(12)22-23;1-2/h2-7,9H,10H2,1H3;1-2H3. The van der Waals surface area contributed by atoms with Crippen LogP contribution in [-0.2, 0) is 6.54 Å². The van der Waals surface area contributed by atoms with Crippen molar-refractivity contribution in [2.24, 2.45) is 0 Å². The lowest BCUT2D eigenvalue weighted by Gasteiger charge is -2.12. The van der Waals surface area contributed by atoms with E-state index < -0.39 is 0 Å². The molecule has 28 heavy (non-hydrogen) atoms. The maximum atomic E-state index is 9.07. The zero-order chi connectivity index (χ0) is 20.3. The van der Waals surface area contributed by atoms with Gasteiger partial charge in [0, 0.05) is 63.5 Å². The summed E-state index contributed by atoms with van der Waals surface area (Å²) in [7, 11) is 3.30. The van der Waals surface area contributed by atoms with Gasteiger partial charge in [0.1, 0.15) is 5.75 Å². The van der Waals surface area contributed by atoms with Crippen LogP contribution in [-0.4, -0.2) is 20.9 Å². The fourth-order valence-electron chi connectivity index (χ4n) is 3.08. The van der Waals surface area contributed by atoms with Gasteiger partial charge in [-0.25, -0.2) is 0 Å². The summed E-state index contributed by atoms with van der Waals surface area (Å²) in [5, 5.41) is 15.8. The molecule has 0 fully saturated rings. The quantitative estimate of drug-likeness (QED) is 0.262. The zero-order valence-corrected chi connectivity index (χ0v) is 20.2. The molecule has 5 nitrogen and oxygen atoms in total. The Bertz CT molecular complexity index is 1180. The molecule has 8 heteroatoms. The van der Waals surface area contributed by atoms with Gasteiger partial charge >= 0.3 is 0 Å². The van der Waals surface area contributed by atoms with E-state index in [0.717, 1.165) is 37.6 Å². The molecule has 2 heterocycles. The normalized spacial score (nSPS) is 10.6. The van der Waals surface area contributed by atoms with E-state index in [2.05, 4.69) is 58.3 Å². The number of aromatic nitrogens is 3. The molecule has 0 saturated heterocycles. The van der Waals surface area contributed by atoms with Gasteiger partial charge in [-0.1, -0.05) is 13.8 Å². The number of hydrogen-bond donors (Lipinski definition) is 0. The van der Waals surface area contributed by atoms with E-state index in [-0.39, 0.29) is 0 Å². The van der Waals surface area contributed by atoms with E-state index >= 15 is 0 Å². The average Bonchev–Trinajstić information content (AvgIpc) is 3.34. The molecule has 0 unspecified atom stereocenters. The number of nitrogens with zero attached hydrogens (tertiary/aromatic N) is 4. The third-order valence-corrected chi connectivity index (χ3v) is 6.59. The third kappa shape index (κ3) is 3.88. The van der Waals surface area contributed by atoms with Crippen molar-refractivity contribution in [3.05, 3.63) is 58.3 Å². The molecule has 4 rings (SSSR count). The van der Waals surface area contributed by atoms with Gasteiger partial charge in [-0.05, 0) is 46.3 Å². The maximum Gasteiger partial charge on any atom is 0.125 e. The highest BCUT2D eigenvalue weighted by Crippen LogP contribution is 2.38. The summed E-state index contributed by atoms with van der Waals surface area (Å²) in [5.41, 5.74) is 3.62. The Labute approximate surface area is 188 Å². The van der Waals surface area contributed by atoms with Crippen molar-refractivity contribution in [1.82, 2.24) is 13.8 Å². The molecule has 0 aliphatic carbocycles. The molecule has 4 aromatic rings. The molecule has 0 spiro atoms. The molecule has 144 valence electrons. The first-order chi connectivity index (χ1) is 13.6. The molecule has 0 N–H and O–H groups in total. The second-order valence-corrected chi connectivity index (χ2v) is 8.29. The Morgan fingerprint density at radius 1 is 1.29 bits per heavy atom. The number of rotatable bonds is 4. The monoisotopic (exact) mass is 568 g/mol. The smallest absolute Gasteiger partial charge is 0.125 e. The van der Waals surface area contributed by atoms with E-state index in [1.807, 2.05) is 55.2 Å². The van der Waals surface area contributed by atoms with E-state index in [0.29, 0.717) is 12.1 Å². The van der Waals surface area contributed by atoms with Crippen molar-refractivity contribution >= 4 is 68.1 Å². The van der Waals surface area contributed by atoms with Crippen LogP contribution in [0.25, 0.3) is 21.8 Å². The number of hydrogen-bond acceptors (Lipinski definition) is 4. The van der Waals surface area contributed by atoms with Crippen LogP contribution in [0, 0.1) is 11.3 Å².